The van der Waals surface area contributed by atoms with Crippen LogP contribution in [0, 0.1) is 6.92 Å². The first-order chi connectivity index (χ1) is 14.7. The van der Waals surface area contributed by atoms with Crippen LogP contribution in [-0.4, -0.2) is 26.5 Å². The van der Waals surface area contributed by atoms with Gasteiger partial charge in [-0.1, -0.05) is 0 Å². The molecule has 1 aromatic carbocycles. The van der Waals surface area contributed by atoms with Gasteiger partial charge in [0.2, 0.25) is 0 Å². The summed E-state index contributed by atoms with van der Waals surface area (Å²) in [6, 6.07) is 6.47. The van der Waals surface area contributed by atoms with E-state index in [4.69, 9.17) is 4.74 Å². The molecule has 7 nitrogen and oxygen atoms in total. The zero-order valence-corrected chi connectivity index (χ0v) is 18.2. The molecule has 3 rings (SSSR count). The first-order valence-corrected chi connectivity index (χ1v) is 9.83. The van der Waals surface area contributed by atoms with Crippen molar-refractivity contribution in [3.8, 4) is 0 Å². The number of rotatable bonds is 4. The van der Waals surface area contributed by atoms with Crippen LogP contribution in [0.1, 0.15) is 61.2 Å². The molecule has 0 unspecified atom stereocenters. The second kappa shape index (κ2) is 8.25. The first-order valence-electron chi connectivity index (χ1n) is 9.83. The molecule has 2 heterocycles. The zero-order chi connectivity index (χ0) is 23.8. The highest BCUT2D eigenvalue weighted by molar-refractivity contribution is 5.90. The standard InChI is InChI=1S/C22H23F3N4O3/c1-11(26-14-8-6-13(7-9-14)20(31)32-21(3,4)5)15-10-16-18(27-12(2)28-19(16)30)29-17(15)22(23,24)25/h6-11,26H,1-5H3,(H,27,28,29,30)/t11-/m0/s1. The van der Waals surface area contributed by atoms with Crippen LogP contribution in [0.4, 0.5) is 18.9 Å². The van der Waals surface area contributed by atoms with E-state index in [2.05, 4.69) is 20.3 Å². The summed E-state index contributed by atoms with van der Waals surface area (Å²) in [5.41, 5.74) is -2.00. The summed E-state index contributed by atoms with van der Waals surface area (Å²) in [5, 5.41) is 2.92. The third-order valence-corrected chi connectivity index (χ3v) is 4.48. The van der Waals surface area contributed by atoms with Crippen molar-refractivity contribution in [1.29, 1.82) is 0 Å². The number of aromatic amines is 1. The number of nitrogens with one attached hydrogen (secondary N) is 2. The Labute approximate surface area is 182 Å². The molecular formula is C22H23F3N4O3. The molecule has 0 saturated carbocycles. The minimum atomic E-state index is -4.74. The highest BCUT2D eigenvalue weighted by atomic mass is 19.4. The molecule has 2 N–H and O–H groups in total. The van der Waals surface area contributed by atoms with E-state index in [9.17, 15) is 22.8 Å². The monoisotopic (exact) mass is 448 g/mol. The van der Waals surface area contributed by atoms with Crippen LogP contribution < -0.4 is 10.9 Å². The van der Waals surface area contributed by atoms with E-state index < -0.39 is 35.0 Å². The van der Waals surface area contributed by atoms with Gasteiger partial charge in [-0.3, -0.25) is 4.79 Å². The van der Waals surface area contributed by atoms with Gasteiger partial charge in [0.25, 0.3) is 5.56 Å². The first kappa shape index (κ1) is 23.2. The Bertz CT molecular complexity index is 1210. The van der Waals surface area contributed by atoms with Crippen LogP contribution >= 0.6 is 0 Å². The van der Waals surface area contributed by atoms with E-state index in [-0.39, 0.29) is 22.4 Å². The summed E-state index contributed by atoms with van der Waals surface area (Å²) >= 11 is 0. The van der Waals surface area contributed by atoms with E-state index in [1.807, 2.05) is 0 Å². The maximum Gasteiger partial charge on any atom is 0.433 e. The molecule has 170 valence electrons. The largest absolute Gasteiger partial charge is 0.456 e. The number of pyridine rings is 1. The Hall–Kier alpha value is -3.43. The van der Waals surface area contributed by atoms with Crippen molar-refractivity contribution in [3.05, 3.63) is 63.3 Å². The van der Waals surface area contributed by atoms with Crippen LogP contribution in [0.5, 0.6) is 0 Å². The average Bonchev–Trinajstić information content (AvgIpc) is 2.65. The second-order valence-corrected chi connectivity index (χ2v) is 8.39. The molecule has 0 spiro atoms. The Morgan fingerprint density at radius 3 is 2.31 bits per heavy atom. The normalized spacial score (nSPS) is 13.1. The van der Waals surface area contributed by atoms with Gasteiger partial charge in [-0.2, -0.15) is 13.2 Å². The maximum absolute atomic E-state index is 13.7. The van der Waals surface area contributed by atoms with Gasteiger partial charge in [0.1, 0.15) is 11.4 Å². The molecule has 0 aliphatic carbocycles. The van der Waals surface area contributed by atoms with Crippen molar-refractivity contribution < 1.29 is 22.7 Å². The Kier molecular flexibility index (Phi) is 5.99. The van der Waals surface area contributed by atoms with Gasteiger partial charge >= 0.3 is 12.1 Å². The predicted molar refractivity (Wildman–Crippen MR) is 114 cm³/mol. The third-order valence-electron chi connectivity index (χ3n) is 4.48. The number of hydrogen-bond acceptors (Lipinski definition) is 6. The number of nitrogens with zero attached hydrogens (tertiary/aromatic N) is 2. The molecular weight excluding hydrogens is 425 g/mol. The van der Waals surface area contributed by atoms with E-state index in [0.717, 1.165) is 6.07 Å². The number of ether oxygens (including phenoxy) is 1. The fourth-order valence-electron chi connectivity index (χ4n) is 3.11. The van der Waals surface area contributed by atoms with Crippen molar-refractivity contribution in [2.45, 2.75) is 52.4 Å². The number of benzene rings is 1. The summed E-state index contributed by atoms with van der Waals surface area (Å²) in [7, 11) is 0. The smallest absolute Gasteiger partial charge is 0.433 e. The summed E-state index contributed by atoms with van der Waals surface area (Å²) in [6.07, 6.45) is -4.74. The van der Waals surface area contributed by atoms with Crippen LogP contribution in [0.3, 0.4) is 0 Å². The van der Waals surface area contributed by atoms with Crippen LogP contribution in [-0.2, 0) is 10.9 Å². The number of alkyl halides is 3. The molecule has 0 aliphatic heterocycles. The van der Waals surface area contributed by atoms with Gasteiger partial charge in [-0.15, -0.1) is 0 Å². The summed E-state index contributed by atoms with van der Waals surface area (Å²) in [4.78, 5) is 34.4. The molecule has 3 aromatic rings. The van der Waals surface area contributed by atoms with Gasteiger partial charge in [0, 0.05) is 11.3 Å². The van der Waals surface area contributed by atoms with Gasteiger partial charge in [0.15, 0.2) is 11.3 Å². The number of aromatic nitrogens is 3. The minimum absolute atomic E-state index is 0.0347. The lowest BCUT2D eigenvalue weighted by atomic mass is 10.0. The van der Waals surface area contributed by atoms with Crippen molar-refractivity contribution >= 4 is 22.7 Å². The number of fused-ring (bicyclic) bond motifs is 1. The van der Waals surface area contributed by atoms with Gasteiger partial charge in [-0.05, 0) is 65.0 Å². The molecule has 0 aliphatic rings. The molecule has 0 bridgehead atoms. The number of esters is 1. The fraction of sp³-hybridized carbons (Fsp3) is 0.364. The Morgan fingerprint density at radius 2 is 1.75 bits per heavy atom. The van der Waals surface area contributed by atoms with Gasteiger partial charge < -0.3 is 15.0 Å². The molecule has 0 radical (unpaired) electrons. The number of carbonyl (C=O) groups excluding carboxylic acids is 1. The van der Waals surface area contributed by atoms with E-state index in [0.29, 0.717) is 11.3 Å². The molecule has 10 heteroatoms. The SMILES string of the molecule is Cc1nc2nc(C(F)(F)F)c([C@H](C)Nc3ccc(C(=O)OC(C)(C)C)cc3)cc2c(=O)[nH]1. The highest BCUT2D eigenvalue weighted by Gasteiger charge is 2.37. The molecule has 0 saturated heterocycles. The number of H-pyrrole nitrogens is 1. The topological polar surface area (TPSA) is 97.0 Å². The summed E-state index contributed by atoms with van der Waals surface area (Å²) < 4.78 is 46.4. The molecule has 0 amide bonds. The lowest BCUT2D eigenvalue weighted by molar-refractivity contribution is -0.141. The Morgan fingerprint density at radius 1 is 1.12 bits per heavy atom. The summed E-state index contributed by atoms with van der Waals surface area (Å²) in [5.74, 6) is -0.329. The van der Waals surface area contributed by atoms with Crippen molar-refractivity contribution in [2.24, 2.45) is 0 Å². The second-order valence-electron chi connectivity index (χ2n) is 8.39. The number of anilines is 1. The van der Waals surface area contributed by atoms with Crippen molar-refractivity contribution in [3.63, 3.8) is 0 Å². The van der Waals surface area contributed by atoms with Gasteiger partial charge in [-0.25, -0.2) is 14.8 Å². The quantitative estimate of drug-likeness (QED) is 0.558. The number of halogens is 3. The fourth-order valence-corrected chi connectivity index (χ4v) is 3.11. The van der Waals surface area contributed by atoms with Gasteiger partial charge in [0.05, 0.1) is 17.0 Å². The highest BCUT2D eigenvalue weighted by Crippen LogP contribution is 2.35. The van der Waals surface area contributed by atoms with Crippen molar-refractivity contribution in [2.75, 3.05) is 5.32 Å². The summed E-state index contributed by atoms with van der Waals surface area (Å²) in [6.45, 7) is 8.24. The third kappa shape index (κ3) is 5.24. The van der Waals surface area contributed by atoms with Crippen LogP contribution in [0.2, 0.25) is 0 Å². The molecule has 32 heavy (non-hydrogen) atoms. The maximum atomic E-state index is 13.7. The lowest BCUT2D eigenvalue weighted by Crippen LogP contribution is -2.23. The van der Waals surface area contributed by atoms with Crippen molar-refractivity contribution in [1.82, 2.24) is 15.0 Å². The average molecular weight is 448 g/mol. The zero-order valence-electron chi connectivity index (χ0n) is 18.2. The van der Waals surface area contributed by atoms with E-state index in [1.165, 1.54) is 26.0 Å². The number of hydrogen-bond donors (Lipinski definition) is 2. The molecule has 1 atom stereocenters. The van der Waals surface area contributed by atoms with Crippen LogP contribution in [0.15, 0.2) is 35.1 Å². The van der Waals surface area contributed by atoms with E-state index >= 15 is 0 Å². The molecule has 0 fully saturated rings. The number of aryl methyl sites for hydroxylation is 1. The Balaban J connectivity index is 1.93. The predicted octanol–water partition coefficient (Wildman–Crippen LogP) is 4.77. The lowest BCUT2D eigenvalue weighted by Gasteiger charge is -2.21. The molecule has 2 aromatic heterocycles. The minimum Gasteiger partial charge on any atom is -0.456 e. The number of carbonyl (C=O) groups is 1. The van der Waals surface area contributed by atoms with Crippen LogP contribution in [0.25, 0.3) is 11.0 Å². The van der Waals surface area contributed by atoms with E-state index in [1.54, 1.807) is 32.9 Å².